The molecule has 0 bridgehead atoms. The molecular weight excluding hydrogens is 406 g/mol. The summed E-state index contributed by atoms with van der Waals surface area (Å²) in [5, 5.41) is 6.22. The van der Waals surface area contributed by atoms with Gasteiger partial charge in [0.05, 0.1) is 17.6 Å². The van der Waals surface area contributed by atoms with Gasteiger partial charge in [-0.05, 0) is 36.4 Å². The van der Waals surface area contributed by atoms with Gasteiger partial charge in [0.2, 0.25) is 5.91 Å². The van der Waals surface area contributed by atoms with Crippen LogP contribution in [-0.4, -0.2) is 23.3 Å². The minimum atomic E-state index is -0.383. The first-order chi connectivity index (χ1) is 12.0. The zero-order valence-electron chi connectivity index (χ0n) is 12.9. The number of carbonyl (C=O) groups is 2. The van der Waals surface area contributed by atoms with Gasteiger partial charge >= 0.3 is 0 Å². The number of rotatable bonds is 4. The Balaban J connectivity index is 1.68. The third-order valence-electron chi connectivity index (χ3n) is 3.47. The Bertz CT molecular complexity index is 945. The molecule has 0 aliphatic rings. The molecule has 2 amide bonds. The Kier molecular flexibility index (Phi) is 5.31. The van der Waals surface area contributed by atoms with Crippen LogP contribution in [0.5, 0.6) is 0 Å². The minimum Gasteiger partial charge on any atom is -0.343 e. The lowest BCUT2D eigenvalue weighted by molar-refractivity contribution is -0.115. The van der Waals surface area contributed by atoms with Crippen molar-refractivity contribution in [1.29, 1.82) is 0 Å². The number of anilines is 1. The van der Waals surface area contributed by atoms with Gasteiger partial charge in [0.15, 0.2) is 0 Å². The van der Waals surface area contributed by atoms with Crippen LogP contribution in [0.1, 0.15) is 10.4 Å². The summed E-state index contributed by atoms with van der Waals surface area (Å²) in [5.74, 6) is -0.702. The lowest BCUT2D eigenvalue weighted by Crippen LogP contribution is -2.33. The fourth-order valence-corrected chi connectivity index (χ4v) is 2.79. The molecule has 0 aliphatic heterocycles. The topological polar surface area (TPSA) is 71.1 Å². The van der Waals surface area contributed by atoms with Gasteiger partial charge in [0.1, 0.15) is 5.15 Å². The highest BCUT2D eigenvalue weighted by molar-refractivity contribution is 9.10. The first-order valence-corrected chi connectivity index (χ1v) is 8.59. The Morgan fingerprint density at radius 1 is 1.08 bits per heavy atom. The van der Waals surface area contributed by atoms with Crippen molar-refractivity contribution in [3.8, 4) is 0 Å². The zero-order chi connectivity index (χ0) is 17.8. The number of aromatic nitrogens is 1. The van der Waals surface area contributed by atoms with E-state index in [2.05, 4.69) is 31.5 Å². The molecule has 25 heavy (non-hydrogen) atoms. The summed E-state index contributed by atoms with van der Waals surface area (Å²) >= 11 is 9.30. The van der Waals surface area contributed by atoms with Crippen LogP contribution in [0.25, 0.3) is 10.9 Å². The number of benzene rings is 2. The molecule has 0 radical (unpaired) electrons. The Morgan fingerprint density at radius 2 is 1.80 bits per heavy atom. The summed E-state index contributed by atoms with van der Waals surface area (Å²) in [6, 6.07) is 15.9. The fraction of sp³-hybridized carbons (Fsp3) is 0.0556. The van der Waals surface area contributed by atoms with Crippen molar-refractivity contribution in [3.05, 3.63) is 69.8 Å². The van der Waals surface area contributed by atoms with Gasteiger partial charge in [0.25, 0.3) is 5.91 Å². The number of hydrogen-bond acceptors (Lipinski definition) is 3. The molecule has 0 fully saturated rings. The molecule has 2 N–H and O–H groups in total. The molecule has 0 atom stereocenters. The predicted molar refractivity (Wildman–Crippen MR) is 102 cm³/mol. The van der Waals surface area contributed by atoms with E-state index in [0.717, 1.165) is 4.47 Å². The Labute approximate surface area is 157 Å². The van der Waals surface area contributed by atoms with E-state index in [9.17, 15) is 9.59 Å². The van der Waals surface area contributed by atoms with Crippen molar-refractivity contribution in [2.75, 3.05) is 11.9 Å². The molecule has 7 heteroatoms. The van der Waals surface area contributed by atoms with Gasteiger partial charge in [-0.2, -0.15) is 0 Å². The highest BCUT2D eigenvalue weighted by atomic mass is 79.9. The fourth-order valence-electron chi connectivity index (χ4n) is 2.33. The molecule has 5 nitrogen and oxygen atoms in total. The molecule has 3 aromatic rings. The maximum Gasteiger partial charge on any atom is 0.252 e. The van der Waals surface area contributed by atoms with E-state index < -0.39 is 0 Å². The number of nitrogens with one attached hydrogen (secondary N) is 2. The number of amides is 2. The quantitative estimate of drug-likeness (QED) is 0.629. The normalized spacial score (nSPS) is 10.5. The molecule has 1 heterocycles. The summed E-state index contributed by atoms with van der Waals surface area (Å²) in [7, 11) is 0. The van der Waals surface area contributed by atoms with E-state index in [1.807, 2.05) is 24.3 Å². The average molecular weight is 419 g/mol. The number of para-hydroxylation sites is 1. The van der Waals surface area contributed by atoms with Gasteiger partial charge in [0, 0.05) is 15.5 Å². The monoisotopic (exact) mass is 417 g/mol. The van der Waals surface area contributed by atoms with Gasteiger partial charge in [-0.15, -0.1) is 0 Å². The summed E-state index contributed by atoms with van der Waals surface area (Å²) < 4.78 is 0.917. The second-order valence-electron chi connectivity index (χ2n) is 5.25. The lowest BCUT2D eigenvalue weighted by Gasteiger charge is -2.09. The molecule has 0 unspecified atom stereocenters. The highest BCUT2D eigenvalue weighted by Gasteiger charge is 2.13. The van der Waals surface area contributed by atoms with Crippen molar-refractivity contribution < 1.29 is 9.59 Å². The minimum absolute atomic E-state index is 0.150. The molecule has 0 saturated heterocycles. The van der Waals surface area contributed by atoms with Crippen LogP contribution >= 0.6 is 27.5 Å². The number of fused-ring (bicyclic) bond motifs is 1. The van der Waals surface area contributed by atoms with Crippen molar-refractivity contribution in [2.45, 2.75) is 0 Å². The van der Waals surface area contributed by atoms with E-state index in [1.165, 1.54) is 6.07 Å². The van der Waals surface area contributed by atoms with Crippen molar-refractivity contribution in [2.24, 2.45) is 0 Å². The van der Waals surface area contributed by atoms with Gasteiger partial charge in [-0.25, -0.2) is 4.98 Å². The second kappa shape index (κ2) is 7.63. The van der Waals surface area contributed by atoms with Crippen LogP contribution in [0.4, 0.5) is 5.69 Å². The maximum atomic E-state index is 12.4. The van der Waals surface area contributed by atoms with Crippen LogP contribution in [0, 0.1) is 0 Å². The first kappa shape index (κ1) is 17.4. The molecule has 0 saturated carbocycles. The Hall–Kier alpha value is -2.44. The van der Waals surface area contributed by atoms with Crippen LogP contribution in [0.2, 0.25) is 5.15 Å². The molecular formula is C18H13BrClN3O2. The van der Waals surface area contributed by atoms with Crippen LogP contribution < -0.4 is 10.6 Å². The lowest BCUT2D eigenvalue weighted by atomic mass is 10.1. The molecule has 3 rings (SSSR count). The summed E-state index contributed by atoms with van der Waals surface area (Å²) in [6.07, 6.45) is 0. The Morgan fingerprint density at radius 3 is 2.56 bits per heavy atom. The number of hydrogen-bond donors (Lipinski definition) is 2. The maximum absolute atomic E-state index is 12.4. The molecule has 1 aromatic heterocycles. The molecule has 2 aromatic carbocycles. The van der Waals surface area contributed by atoms with Crippen LogP contribution in [-0.2, 0) is 4.79 Å². The second-order valence-corrected chi connectivity index (χ2v) is 6.55. The van der Waals surface area contributed by atoms with Crippen LogP contribution in [0.15, 0.2) is 59.1 Å². The average Bonchev–Trinajstić information content (AvgIpc) is 2.61. The van der Waals surface area contributed by atoms with Crippen molar-refractivity contribution >= 4 is 55.9 Å². The largest absolute Gasteiger partial charge is 0.343 e. The molecule has 0 aliphatic carbocycles. The predicted octanol–water partition coefficient (Wildman–Crippen LogP) is 4.02. The summed E-state index contributed by atoms with van der Waals surface area (Å²) in [6.45, 7) is -0.150. The smallest absolute Gasteiger partial charge is 0.252 e. The third-order valence-corrected chi connectivity index (χ3v) is 4.19. The zero-order valence-corrected chi connectivity index (χ0v) is 15.3. The van der Waals surface area contributed by atoms with Gasteiger partial charge in [-0.1, -0.05) is 45.7 Å². The standard InChI is InChI=1S/C18H13BrClN3O2/c19-11-5-7-12(8-6-11)22-17(24)10-21-18(25)14-9-16(20)23-15-4-2-1-3-13(14)15/h1-9H,10H2,(H,21,25)(H,22,24). The van der Waals surface area contributed by atoms with Gasteiger partial charge in [-0.3, -0.25) is 9.59 Å². The van der Waals surface area contributed by atoms with Crippen molar-refractivity contribution in [1.82, 2.24) is 10.3 Å². The summed E-state index contributed by atoms with van der Waals surface area (Å²) in [5.41, 5.74) is 1.66. The highest BCUT2D eigenvalue weighted by Crippen LogP contribution is 2.20. The van der Waals surface area contributed by atoms with Crippen molar-refractivity contribution in [3.63, 3.8) is 0 Å². The number of pyridine rings is 1. The van der Waals surface area contributed by atoms with E-state index >= 15 is 0 Å². The number of halogens is 2. The van der Waals surface area contributed by atoms with Gasteiger partial charge < -0.3 is 10.6 Å². The van der Waals surface area contributed by atoms with E-state index in [1.54, 1.807) is 24.3 Å². The molecule has 126 valence electrons. The van der Waals surface area contributed by atoms with E-state index in [-0.39, 0.29) is 23.5 Å². The van der Waals surface area contributed by atoms with E-state index in [0.29, 0.717) is 22.2 Å². The molecule has 0 spiro atoms. The number of nitrogens with zero attached hydrogens (tertiary/aromatic N) is 1. The van der Waals surface area contributed by atoms with Crippen LogP contribution in [0.3, 0.4) is 0 Å². The summed E-state index contributed by atoms with van der Waals surface area (Å²) in [4.78, 5) is 28.6. The number of carbonyl (C=O) groups excluding carboxylic acids is 2. The SMILES string of the molecule is O=C(CNC(=O)c1cc(Cl)nc2ccccc12)Nc1ccc(Br)cc1. The third kappa shape index (κ3) is 4.35. The first-order valence-electron chi connectivity index (χ1n) is 7.42. The van der Waals surface area contributed by atoms with E-state index in [4.69, 9.17) is 11.6 Å².